The maximum absolute atomic E-state index is 12.3. The van der Waals surface area contributed by atoms with Gasteiger partial charge in [-0.1, -0.05) is 18.7 Å². The molecule has 2 amide bonds. The van der Waals surface area contributed by atoms with Crippen molar-refractivity contribution in [2.45, 2.75) is 51.3 Å². The smallest absolute Gasteiger partial charge is 0.410 e. The minimum Gasteiger partial charge on any atom is -0.477 e. The molecule has 0 aromatic carbocycles. The van der Waals surface area contributed by atoms with E-state index in [-0.39, 0.29) is 30.3 Å². The van der Waals surface area contributed by atoms with Crippen molar-refractivity contribution in [3.8, 4) is 0 Å². The molecule has 3 rings (SSSR count). The van der Waals surface area contributed by atoms with Gasteiger partial charge in [0, 0.05) is 6.54 Å². The summed E-state index contributed by atoms with van der Waals surface area (Å²) in [5.41, 5.74) is 1.30. The lowest BCUT2D eigenvalue weighted by atomic mass is 9.82. The molecule has 28 heavy (non-hydrogen) atoms. The number of aliphatic hydroxyl groups excluding tert-OH is 1. The highest BCUT2D eigenvalue weighted by molar-refractivity contribution is 6.00. The predicted molar refractivity (Wildman–Crippen MR) is 100 cm³/mol. The van der Waals surface area contributed by atoms with E-state index >= 15 is 0 Å². The zero-order valence-corrected chi connectivity index (χ0v) is 16.1. The molecule has 8 nitrogen and oxygen atoms in total. The van der Waals surface area contributed by atoms with Crippen LogP contribution in [0.5, 0.6) is 0 Å². The van der Waals surface area contributed by atoms with E-state index in [0.29, 0.717) is 18.5 Å². The second-order valence-electron chi connectivity index (χ2n) is 7.50. The fourth-order valence-electron chi connectivity index (χ4n) is 4.41. The lowest BCUT2D eigenvalue weighted by Crippen LogP contribution is -2.61. The molecule has 152 valence electrons. The Morgan fingerprint density at radius 1 is 1.43 bits per heavy atom. The normalized spacial score (nSPS) is 28.2. The van der Waals surface area contributed by atoms with Crippen molar-refractivity contribution >= 4 is 18.0 Å². The molecule has 3 aliphatic rings. The number of nitrogens with zero attached hydrogens (tertiary/aromatic N) is 2. The number of β-lactam (4-membered cyclic amide) rings is 1. The van der Waals surface area contributed by atoms with Crippen LogP contribution in [0.15, 0.2) is 35.6 Å². The number of carbonyl (C=O) groups is 3. The summed E-state index contributed by atoms with van der Waals surface area (Å²) in [5, 5.41) is 19.5. The molecular formula is C20H26N2O6. The zero-order chi connectivity index (χ0) is 20.6. The number of rotatable bonds is 6. The molecular weight excluding hydrogens is 364 g/mol. The molecule has 0 saturated carbocycles. The zero-order valence-electron chi connectivity index (χ0n) is 16.1. The molecule has 2 saturated heterocycles. The van der Waals surface area contributed by atoms with Crippen molar-refractivity contribution in [1.82, 2.24) is 9.80 Å². The summed E-state index contributed by atoms with van der Waals surface area (Å²) < 4.78 is 5.12. The third-order valence-corrected chi connectivity index (χ3v) is 5.71. The number of likely N-dealkylation sites (tertiary alicyclic amines) is 1. The Bertz CT molecular complexity index is 769. The molecule has 4 atom stereocenters. The quantitative estimate of drug-likeness (QED) is 0.528. The van der Waals surface area contributed by atoms with E-state index in [1.54, 1.807) is 18.7 Å². The van der Waals surface area contributed by atoms with E-state index < -0.39 is 24.1 Å². The van der Waals surface area contributed by atoms with Gasteiger partial charge in [-0.3, -0.25) is 4.79 Å². The van der Waals surface area contributed by atoms with Gasteiger partial charge in [0.05, 0.1) is 24.1 Å². The third-order valence-electron chi connectivity index (χ3n) is 5.71. The Labute approximate surface area is 163 Å². The number of hydrogen-bond donors (Lipinski definition) is 2. The number of amides is 2. The number of carbonyl (C=O) groups excluding carboxylic acids is 2. The number of carboxylic acid groups (broad SMARTS) is 1. The number of hydrogen-bond acceptors (Lipinski definition) is 5. The van der Waals surface area contributed by atoms with Crippen LogP contribution in [0, 0.1) is 5.92 Å². The first-order valence-corrected chi connectivity index (χ1v) is 9.48. The fourth-order valence-corrected chi connectivity index (χ4v) is 4.41. The first-order chi connectivity index (χ1) is 13.3. The van der Waals surface area contributed by atoms with Gasteiger partial charge in [-0.15, -0.1) is 0 Å². The van der Waals surface area contributed by atoms with Crippen molar-refractivity contribution in [2.75, 3.05) is 13.2 Å². The molecule has 0 unspecified atom stereocenters. The van der Waals surface area contributed by atoms with Crippen LogP contribution in [0.1, 0.15) is 33.1 Å². The standard InChI is InChI=1S/C20H26N2O6/c1-4-8-28-20(27)21-7-5-6-13(21)9-11(2)14-10-15-16(12(3)23)18(24)22(15)17(14)19(25)26/h4,9,12-13,15-16,23H,1,5-8,10H2,2-3H3,(H,25,26)/t12-,13+,15-,16-/m1/s1. The largest absolute Gasteiger partial charge is 0.477 e. The Morgan fingerprint density at radius 2 is 2.14 bits per heavy atom. The Balaban J connectivity index is 1.84. The van der Waals surface area contributed by atoms with Gasteiger partial charge in [-0.05, 0) is 44.3 Å². The average Bonchev–Trinajstić information content (AvgIpc) is 3.21. The van der Waals surface area contributed by atoms with E-state index in [9.17, 15) is 24.6 Å². The minimum absolute atomic E-state index is 0.0144. The van der Waals surface area contributed by atoms with E-state index in [0.717, 1.165) is 18.4 Å². The van der Waals surface area contributed by atoms with Gasteiger partial charge < -0.3 is 24.7 Å². The van der Waals surface area contributed by atoms with Crippen molar-refractivity contribution in [3.05, 3.63) is 35.6 Å². The summed E-state index contributed by atoms with van der Waals surface area (Å²) in [6.45, 7) is 7.59. The summed E-state index contributed by atoms with van der Waals surface area (Å²) in [7, 11) is 0. The van der Waals surface area contributed by atoms with Crippen molar-refractivity contribution < 1.29 is 29.3 Å². The van der Waals surface area contributed by atoms with Crippen LogP contribution in [-0.4, -0.2) is 69.3 Å². The second kappa shape index (κ2) is 7.79. The summed E-state index contributed by atoms with van der Waals surface area (Å²) in [4.78, 5) is 39.3. The molecule has 0 radical (unpaired) electrons. The topological polar surface area (TPSA) is 107 Å². The van der Waals surface area contributed by atoms with E-state index in [1.807, 2.05) is 6.08 Å². The first kappa shape index (κ1) is 20.1. The molecule has 3 heterocycles. The van der Waals surface area contributed by atoms with Gasteiger partial charge in [-0.25, -0.2) is 9.59 Å². The molecule has 3 aliphatic heterocycles. The Kier molecular flexibility index (Phi) is 5.60. The van der Waals surface area contributed by atoms with E-state index in [4.69, 9.17) is 4.74 Å². The van der Waals surface area contributed by atoms with E-state index in [2.05, 4.69) is 6.58 Å². The number of ether oxygens (including phenoxy) is 1. The Morgan fingerprint density at radius 3 is 2.75 bits per heavy atom. The van der Waals surface area contributed by atoms with Crippen molar-refractivity contribution in [2.24, 2.45) is 5.92 Å². The van der Waals surface area contributed by atoms with Gasteiger partial charge in [0.15, 0.2) is 0 Å². The number of carboxylic acids is 1. The molecule has 8 heteroatoms. The molecule has 0 spiro atoms. The predicted octanol–water partition coefficient (Wildman–Crippen LogP) is 1.67. The number of aliphatic carboxylic acids is 1. The van der Waals surface area contributed by atoms with E-state index in [1.165, 1.54) is 11.0 Å². The van der Waals surface area contributed by atoms with Gasteiger partial charge in [0.1, 0.15) is 12.3 Å². The Hall–Kier alpha value is -2.61. The van der Waals surface area contributed by atoms with Crippen LogP contribution in [-0.2, 0) is 14.3 Å². The van der Waals surface area contributed by atoms with Gasteiger partial charge in [0.25, 0.3) is 0 Å². The van der Waals surface area contributed by atoms with Crippen LogP contribution in [0.4, 0.5) is 4.79 Å². The minimum atomic E-state index is -1.16. The maximum Gasteiger partial charge on any atom is 0.410 e. The van der Waals surface area contributed by atoms with Crippen molar-refractivity contribution in [3.63, 3.8) is 0 Å². The molecule has 0 aromatic rings. The summed E-state index contributed by atoms with van der Waals surface area (Å²) in [6.07, 6.45) is 4.13. The maximum atomic E-state index is 12.3. The highest BCUT2D eigenvalue weighted by Gasteiger charge is 2.56. The van der Waals surface area contributed by atoms with Crippen LogP contribution in [0.2, 0.25) is 0 Å². The molecule has 2 fully saturated rings. The summed E-state index contributed by atoms with van der Waals surface area (Å²) in [6, 6.07) is -0.509. The highest BCUT2D eigenvalue weighted by atomic mass is 16.6. The monoisotopic (exact) mass is 390 g/mol. The summed E-state index contributed by atoms with van der Waals surface area (Å²) in [5.74, 6) is -2.08. The highest BCUT2D eigenvalue weighted by Crippen LogP contribution is 2.45. The van der Waals surface area contributed by atoms with Crippen LogP contribution >= 0.6 is 0 Å². The number of fused-ring (bicyclic) bond motifs is 1. The number of aliphatic hydroxyl groups is 1. The number of allylic oxidation sites excluding steroid dienone is 1. The second-order valence-corrected chi connectivity index (χ2v) is 7.50. The molecule has 2 N–H and O–H groups in total. The molecule has 0 bridgehead atoms. The van der Waals surface area contributed by atoms with Crippen LogP contribution in [0.3, 0.4) is 0 Å². The van der Waals surface area contributed by atoms with Gasteiger partial charge in [-0.2, -0.15) is 0 Å². The lowest BCUT2D eigenvalue weighted by molar-refractivity contribution is -0.161. The van der Waals surface area contributed by atoms with Crippen molar-refractivity contribution in [1.29, 1.82) is 0 Å². The SMILES string of the molecule is C=CCOC(=O)N1CCC[C@H]1C=C(C)C1=C(C(=O)O)N2C(=O)[C@H]([C@@H](C)O)[C@H]2C1. The first-order valence-electron chi connectivity index (χ1n) is 9.48. The average molecular weight is 390 g/mol. The van der Waals surface area contributed by atoms with Crippen LogP contribution < -0.4 is 0 Å². The third kappa shape index (κ3) is 3.32. The lowest BCUT2D eigenvalue weighted by Gasteiger charge is -2.44. The molecule has 0 aliphatic carbocycles. The van der Waals surface area contributed by atoms with Gasteiger partial charge >= 0.3 is 12.1 Å². The summed E-state index contributed by atoms with van der Waals surface area (Å²) >= 11 is 0. The van der Waals surface area contributed by atoms with Crippen LogP contribution in [0.25, 0.3) is 0 Å². The molecule has 0 aromatic heterocycles. The van der Waals surface area contributed by atoms with Gasteiger partial charge in [0.2, 0.25) is 5.91 Å². The fraction of sp³-hybridized carbons (Fsp3) is 0.550.